The number of carboxylic acid groups (broad SMARTS) is 1. The summed E-state index contributed by atoms with van der Waals surface area (Å²) in [4.78, 5) is 13.0. The number of rotatable bonds is 5. The number of benzene rings is 2. The third-order valence-corrected chi connectivity index (χ3v) is 4.53. The normalized spacial score (nSPS) is 10.5. The highest BCUT2D eigenvalue weighted by Gasteiger charge is 2.05. The van der Waals surface area contributed by atoms with E-state index in [1.54, 1.807) is 11.8 Å². The fourth-order valence-corrected chi connectivity index (χ4v) is 3.31. The number of aryl methyl sites for hydroxylation is 1. The van der Waals surface area contributed by atoms with E-state index in [1.807, 2.05) is 30.3 Å². The molecule has 0 aliphatic carbocycles. The molecule has 0 aliphatic rings. The predicted octanol–water partition coefficient (Wildman–Crippen LogP) is 4.79. The molecule has 0 atom stereocenters. The van der Waals surface area contributed by atoms with Crippen molar-refractivity contribution in [3.63, 3.8) is 0 Å². The Labute approximate surface area is 131 Å². The summed E-state index contributed by atoms with van der Waals surface area (Å²) in [7, 11) is 0. The van der Waals surface area contributed by atoms with Crippen molar-refractivity contribution in [2.45, 2.75) is 29.6 Å². The van der Waals surface area contributed by atoms with Gasteiger partial charge in [0.15, 0.2) is 0 Å². The molecule has 0 amide bonds. The highest BCUT2D eigenvalue weighted by Crippen LogP contribution is 2.32. The maximum atomic E-state index is 10.7. The van der Waals surface area contributed by atoms with E-state index in [9.17, 15) is 4.79 Å². The highest BCUT2D eigenvalue weighted by molar-refractivity contribution is 9.10. The van der Waals surface area contributed by atoms with E-state index in [0.29, 0.717) is 0 Å². The van der Waals surface area contributed by atoms with Crippen LogP contribution in [0.25, 0.3) is 0 Å². The smallest absolute Gasteiger partial charge is 0.307 e. The minimum atomic E-state index is -0.799. The first kappa shape index (κ1) is 15.1. The summed E-state index contributed by atoms with van der Waals surface area (Å²) in [5.74, 6) is -0.799. The van der Waals surface area contributed by atoms with Crippen LogP contribution in [0.3, 0.4) is 0 Å². The van der Waals surface area contributed by atoms with Crippen LogP contribution in [0.1, 0.15) is 18.1 Å². The van der Waals surface area contributed by atoms with Crippen molar-refractivity contribution in [2.24, 2.45) is 0 Å². The maximum Gasteiger partial charge on any atom is 0.307 e. The minimum absolute atomic E-state index is 0.0729. The molecule has 2 nitrogen and oxygen atoms in total. The molecule has 0 bridgehead atoms. The van der Waals surface area contributed by atoms with E-state index in [4.69, 9.17) is 5.11 Å². The van der Waals surface area contributed by atoms with Gasteiger partial charge in [0.25, 0.3) is 0 Å². The molecule has 2 rings (SSSR count). The van der Waals surface area contributed by atoms with Crippen LogP contribution in [0, 0.1) is 0 Å². The van der Waals surface area contributed by atoms with Crippen LogP contribution in [0.2, 0.25) is 0 Å². The largest absolute Gasteiger partial charge is 0.481 e. The Balaban J connectivity index is 2.16. The number of carbonyl (C=O) groups is 1. The number of halogens is 1. The van der Waals surface area contributed by atoms with Crippen molar-refractivity contribution in [2.75, 3.05) is 0 Å². The second kappa shape index (κ2) is 6.95. The van der Waals surface area contributed by atoms with E-state index in [1.165, 1.54) is 10.5 Å². The second-order valence-electron chi connectivity index (χ2n) is 4.42. The number of hydrogen-bond acceptors (Lipinski definition) is 2. The fraction of sp³-hybridized carbons (Fsp3) is 0.188. The standard InChI is InChI=1S/C16H15BrO2S/c1-2-12-10-13(17)5-8-15(12)20-14-6-3-11(4-7-14)9-16(18)19/h3-8,10H,2,9H2,1H3,(H,18,19). The van der Waals surface area contributed by atoms with Crippen LogP contribution >= 0.6 is 27.7 Å². The second-order valence-corrected chi connectivity index (χ2v) is 6.45. The van der Waals surface area contributed by atoms with E-state index in [2.05, 4.69) is 35.0 Å². The molecule has 2 aromatic rings. The summed E-state index contributed by atoms with van der Waals surface area (Å²) in [6, 6.07) is 14.0. The summed E-state index contributed by atoms with van der Waals surface area (Å²) in [6.45, 7) is 2.14. The van der Waals surface area contributed by atoms with Gasteiger partial charge in [0.2, 0.25) is 0 Å². The highest BCUT2D eigenvalue weighted by atomic mass is 79.9. The molecule has 0 fully saturated rings. The zero-order valence-electron chi connectivity index (χ0n) is 11.1. The van der Waals surface area contributed by atoms with E-state index in [0.717, 1.165) is 21.4 Å². The zero-order valence-corrected chi connectivity index (χ0v) is 13.5. The van der Waals surface area contributed by atoms with Gasteiger partial charge in [-0.25, -0.2) is 0 Å². The summed E-state index contributed by atoms with van der Waals surface area (Å²) in [5, 5.41) is 8.76. The van der Waals surface area contributed by atoms with Gasteiger partial charge in [-0.2, -0.15) is 0 Å². The van der Waals surface area contributed by atoms with Gasteiger partial charge >= 0.3 is 5.97 Å². The van der Waals surface area contributed by atoms with E-state index in [-0.39, 0.29) is 6.42 Å². The first-order valence-electron chi connectivity index (χ1n) is 6.35. The Bertz CT molecular complexity index is 608. The Morgan fingerprint density at radius 1 is 1.20 bits per heavy atom. The first-order chi connectivity index (χ1) is 9.58. The van der Waals surface area contributed by atoms with Gasteiger partial charge in [-0.3, -0.25) is 4.79 Å². The molecule has 0 radical (unpaired) electrons. The average Bonchev–Trinajstić information content (AvgIpc) is 2.42. The van der Waals surface area contributed by atoms with Crippen molar-refractivity contribution in [1.29, 1.82) is 0 Å². The molecule has 0 aliphatic heterocycles. The number of hydrogen-bond donors (Lipinski definition) is 1. The van der Waals surface area contributed by atoms with Gasteiger partial charge in [0.05, 0.1) is 6.42 Å². The van der Waals surface area contributed by atoms with Gasteiger partial charge in [0.1, 0.15) is 0 Å². The quantitative estimate of drug-likeness (QED) is 0.842. The Kier molecular flexibility index (Phi) is 5.26. The van der Waals surface area contributed by atoms with Crippen molar-refractivity contribution in [3.8, 4) is 0 Å². The van der Waals surface area contributed by atoms with Gasteiger partial charge in [-0.15, -0.1) is 0 Å². The summed E-state index contributed by atoms with van der Waals surface area (Å²) in [6.07, 6.45) is 1.06. The maximum absolute atomic E-state index is 10.7. The third kappa shape index (κ3) is 4.12. The van der Waals surface area contributed by atoms with Gasteiger partial charge in [-0.1, -0.05) is 46.7 Å². The molecular formula is C16H15BrO2S. The monoisotopic (exact) mass is 350 g/mol. The molecule has 104 valence electrons. The van der Waals surface area contributed by atoms with Crippen LogP contribution < -0.4 is 0 Å². The zero-order chi connectivity index (χ0) is 14.5. The fourth-order valence-electron chi connectivity index (χ4n) is 1.90. The van der Waals surface area contributed by atoms with Gasteiger partial charge < -0.3 is 5.11 Å². The van der Waals surface area contributed by atoms with Crippen LogP contribution in [0.4, 0.5) is 0 Å². The molecular weight excluding hydrogens is 336 g/mol. The van der Waals surface area contributed by atoms with Crippen LogP contribution in [-0.2, 0) is 17.6 Å². The van der Waals surface area contributed by atoms with Gasteiger partial charge in [0, 0.05) is 14.3 Å². The average molecular weight is 351 g/mol. The first-order valence-corrected chi connectivity index (χ1v) is 7.96. The topological polar surface area (TPSA) is 37.3 Å². The Hall–Kier alpha value is -1.26. The summed E-state index contributed by atoms with van der Waals surface area (Å²) < 4.78 is 1.09. The molecule has 0 heterocycles. The molecule has 20 heavy (non-hydrogen) atoms. The molecule has 0 unspecified atom stereocenters. The summed E-state index contributed by atoms with van der Waals surface area (Å²) in [5.41, 5.74) is 2.13. The lowest BCUT2D eigenvalue weighted by Crippen LogP contribution is -1.99. The van der Waals surface area contributed by atoms with Crippen LogP contribution in [0.5, 0.6) is 0 Å². The molecule has 0 spiro atoms. The Morgan fingerprint density at radius 3 is 2.50 bits per heavy atom. The van der Waals surface area contributed by atoms with Crippen LogP contribution in [0.15, 0.2) is 56.7 Å². The summed E-state index contributed by atoms with van der Waals surface area (Å²) >= 11 is 5.20. The van der Waals surface area contributed by atoms with Gasteiger partial charge in [-0.05, 0) is 47.9 Å². The molecule has 0 saturated heterocycles. The van der Waals surface area contributed by atoms with Crippen molar-refractivity contribution in [3.05, 3.63) is 58.1 Å². The third-order valence-electron chi connectivity index (χ3n) is 2.91. The lowest BCUT2D eigenvalue weighted by Gasteiger charge is -2.08. The number of carboxylic acids is 1. The van der Waals surface area contributed by atoms with E-state index >= 15 is 0 Å². The lowest BCUT2D eigenvalue weighted by atomic mass is 10.2. The van der Waals surface area contributed by atoms with E-state index < -0.39 is 5.97 Å². The molecule has 1 N–H and O–H groups in total. The van der Waals surface area contributed by atoms with Crippen LogP contribution in [-0.4, -0.2) is 11.1 Å². The molecule has 0 saturated carbocycles. The van der Waals surface area contributed by atoms with Crippen molar-refractivity contribution < 1.29 is 9.90 Å². The number of aliphatic carboxylic acids is 1. The van der Waals surface area contributed by atoms with Crippen molar-refractivity contribution >= 4 is 33.7 Å². The molecule has 4 heteroatoms. The molecule has 0 aromatic heterocycles. The predicted molar refractivity (Wildman–Crippen MR) is 85.4 cm³/mol. The SMILES string of the molecule is CCc1cc(Br)ccc1Sc1ccc(CC(=O)O)cc1. The lowest BCUT2D eigenvalue weighted by molar-refractivity contribution is -0.136. The minimum Gasteiger partial charge on any atom is -0.481 e. The Morgan fingerprint density at radius 2 is 1.90 bits per heavy atom. The molecule has 2 aromatic carbocycles. The van der Waals surface area contributed by atoms with Crippen molar-refractivity contribution in [1.82, 2.24) is 0 Å².